The first kappa shape index (κ1) is 30.0. The number of amides is 4. The molecule has 1 aliphatic heterocycles. The van der Waals surface area contributed by atoms with Gasteiger partial charge in [-0.05, 0) is 139 Å². The molecule has 232 valence electrons. The van der Waals surface area contributed by atoms with Gasteiger partial charge in [-0.1, -0.05) is 30.3 Å². The summed E-state index contributed by atoms with van der Waals surface area (Å²) in [4.78, 5) is 40.6. The van der Waals surface area contributed by atoms with Crippen molar-refractivity contribution in [2.45, 2.75) is 57.5 Å². The zero-order valence-corrected chi connectivity index (χ0v) is 27.1. The summed E-state index contributed by atoms with van der Waals surface area (Å²) >= 11 is 2.08. The van der Waals surface area contributed by atoms with Gasteiger partial charge in [0.25, 0.3) is 11.8 Å². The second-order valence-corrected chi connectivity index (χ2v) is 14.0. The Hall–Kier alpha value is -3.73. The average Bonchev–Trinajstić information content (AvgIpc) is 2.99. The van der Waals surface area contributed by atoms with E-state index in [-0.39, 0.29) is 23.4 Å². The smallest absolute Gasteiger partial charge is 0.335 e. The van der Waals surface area contributed by atoms with Gasteiger partial charge in [0.15, 0.2) is 11.5 Å². The Labute approximate surface area is 275 Å². The van der Waals surface area contributed by atoms with Crippen LogP contribution in [0.3, 0.4) is 0 Å². The summed E-state index contributed by atoms with van der Waals surface area (Å²) in [6.45, 7) is 2.17. The molecule has 3 aromatic carbocycles. The maximum Gasteiger partial charge on any atom is 0.335 e. The standard InChI is InChI=1S/C36H34FIN2O5/c1-2-44-31-16-21(15-30(38)32(31)45-20-25-5-3-4-6-29(25)37)14-28-33(41)39-35(43)40(34(28)42)27-9-7-26(8-10-27)36-17-22-11-23(18-36)13-24(12-22)19-36/h3-10,14-16,22-24H,2,11-13,17-20H2,1H3,(H,39,41,43)/b28-14+. The van der Waals surface area contributed by atoms with Gasteiger partial charge < -0.3 is 9.47 Å². The molecule has 1 heterocycles. The number of anilines is 1. The number of carbonyl (C=O) groups excluding carboxylic acids is 3. The fourth-order valence-electron chi connectivity index (χ4n) is 8.33. The van der Waals surface area contributed by atoms with Crippen molar-refractivity contribution < 1.29 is 28.2 Å². The van der Waals surface area contributed by atoms with E-state index in [1.807, 2.05) is 19.1 Å². The number of nitrogens with one attached hydrogen (secondary N) is 1. The van der Waals surface area contributed by atoms with Crippen molar-refractivity contribution in [3.05, 3.63) is 92.3 Å². The zero-order valence-electron chi connectivity index (χ0n) is 25.0. The first-order chi connectivity index (χ1) is 21.7. The number of ether oxygens (including phenoxy) is 2. The van der Waals surface area contributed by atoms with Crippen LogP contribution >= 0.6 is 22.6 Å². The van der Waals surface area contributed by atoms with Crippen molar-refractivity contribution in [3.63, 3.8) is 0 Å². The summed E-state index contributed by atoms with van der Waals surface area (Å²) in [6, 6.07) is 16.8. The van der Waals surface area contributed by atoms with Crippen LogP contribution in [0, 0.1) is 27.1 Å². The maximum atomic E-state index is 14.2. The minimum absolute atomic E-state index is 0.00278. The van der Waals surface area contributed by atoms with Gasteiger partial charge in [0.2, 0.25) is 0 Å². The van der Waals surface area contributed by atoms with E-state index in [1.54, 1.807) is 30.3 Å². The normalized spacial score (nSPS) is 26.4. The topological polar surface area (TPSA) is 84.9 Å². The highest BCUT2D eigenvalue weighted by Crippen LogP contribution is 2.60. The molecule has 5 fully saturated rings. The minimum Gasteiger partial charge on any atom is -0.490 e. The number of carbonyl (C=O) groups is 3. The Morgan fingerprint density at radius 2 is 1.62 bits per heavy atom. The number of imide groups is 2. The summed E-state index contributed by atoms with van der Waals surface area (Å²) in [7, 11) is 0. The van der Waals surface area contributed by atoms with Gasteiger partial charge >= 0.3 is 6.03 Å². The number of benzene rings is 3. The molecule has 4 amide bonds. The molecule has 8 rings (SSSR count). The van der Waals surface area contributed by atoms with Gasteiger partial charge in [-0.2, -0.15) is 0 Å². The van der Waals surface area contributed by atoms with E-state index in [1.165, 1.54) is 56.2 Å². The summed E-state index contributed by atoms with van der Waals surface area (Å²) < 4.78 is 26.6. The highest BCUT2D eigenvalue weighted by atomic mass is 127. The van der Waals surface area contributed by atoms with Crippen LogP contribution in [0.15, 0.2) is 66.2 Å². The molecule has 5 aliphatic rings. The third-order valence-electron chi connectivity index (χ3n) is 9.85. The second-order valence-electron chi connectivity index (χ2n) is 12.8. The molecule has 0 spiro atoms. The van der Waals surface area contributed by atoms with Crippen LogP contribution in [-0.2, 0) is 21.6 Å². The van der Waals surface area contributed by atoms with Crippen LogP contribution in [0.2, 0.25) is 0 Å². The molecule has 45 heavy (non-hydrogen) atoms. The second kappa shape index (κ2) is 11.9. The summed E-state index contributed by atoms with van der Waals surface area (Å²) in [5.41, 5.74) is 2.66. The average molecular weight is 721 g/mol. The van der Waals surface area contributed by atoms with E-state index >= 15 is 0 Å². The van der Waals surface area contributed by atoms with Gasteiger partial charge in [0.1, 0.15) is 18.0 Å². The fourth-order valence-corrected chi connectivity index (χ4v) is 9.11. The molecule has 0 atom stereocenters. The molecule has 4 saturated carbocycles. The Morgan fingerprint density at radius 3 is 2.27 bits per heavy atom. The van der Waals surface area contributed by atoms with Gasteiger partial charge in [-0.15, -0.1) is 0 Å². The first-order valence-electron chi connectivity index (χ1n) is 15.6. The number of urea groups is 1. The number of barbiturate groups is 1. The van der Waals surface area contributed by atoms with Gasteiger partial charge in [-0.3, -0.25) is 14.9 Å². The molecule has 0 radical (unpaired) electrons. The van der Waals surface area contributed by atoms with Crippen molar-refractivity contribution in [3.8, 4) is 11.5 Å². The van der Waals surface area contributed by atoms with E-state index in [0.29, 0.717) is 38.5 Å². The lowest BCUT2D eigenvalue weighted by atomic mass is 9.48. The lowest BCUT2D eigenvalue weighted by Gasteiger charge is -2.57. The molecule has 9 heteroatoms. The number of nitrogens with zero attached hydrogens (tertiary/aromatic N) is 1. The number of hydrogen-bond acceptors (Lipinski definition) is 5. The van der Waals surface area contributed by atoms with E-state index in [2.05, 4.69) is 40.0 Å². The third-order valence-corrected chi connectivity index (χ3v) is 10.7. The predicted octanol–water partition coefficient (Wildman–Crippen LogP) is 7.54. The summed E-state index contributed by atoms with van der Waals surface area (Å²) in [5.74, 6) is 1.42. The number of rotatable bonds is 8. The quantitative estimate of drug-likeness (QED) is 0.148. The largest absolute Gasteiger partial charge is 0.490 e. The Kier molecular flexibility index (Phi) is 7.91. The molecule has 4 bridgehead atoms. The summed E-state index contributed by atoms with van der Waals surface area (Å²) in [5, 5.41) is 2.33. The van der Waals surface area contributed by atoms with Crippen molar-refractivity contribution in [2.75, 3.05) is 11.5 Å². The Bertz CT molecular complexity index is 1680. The molecule has 3 aromatic rings. The first-order valence-corrected chi connectivity index (χ1v) is 16.7. The number of hydrogen-bond donors (Lipinski definition) is 1. The van der Waals surface area contributed by atoms with Crippen LogP contribution in [-0.4, -0.2) is 24.5 Å². The molecule has 0 aromatic heterocycles. The monoisotopic (exact) mass is 720 g/mol. The Morgan fingerprint density at radius 1 is 0.956 bits per heavy atom. The van der Waals surface area contributed by atoms with E-state index in [4.69, 9.17) is 9.47 Å². The molecule has 4 aliphatic carbocycles. The van der Waals surface area contributed by atoms with Crippen LogP contribution in [0.5, 0.6) is 11.5 Å². The van der Waals surface area contributed by atoms with Gasteiger partial charge in [0.05, 0.1) is 15.9 Å². The van der Waals surface area contributed by atoms with Gasteiger partial charge in [-0.25, -0.2) is 14.1 Å². The molecular formula is C36H34FIN2O5. The SMILES string of the molecule is CCOc1cc(/C=C2\C(=O)NC(=O)N(c3ccc(C45CC6CC(CC(C6)C4)C5)cc3)C2=O)cc(I)c1OCc1ccccc1F. The van der Waals surface area contributed by atoms with Crippen LogP contribution < -0.4 is 19.7 Å². The Balaban J connectivity index is 1.14. The van der Waals surface area contributed by atoms with Crippen molar-refractivity contribution in [2.24, 2.45) is 17.8 Å². The maximum absolute atomic E-state index is 14.2. The molecule has 7 nitrogen and oxygen atoms in total. The third kappa shape index (κ3) is 5.64. The van der Waals surface area contributed by atoms with E-state index in [9.17, 15) is 18.8 Å². The van der Waals surface area contributed by atoms with E-state index < -0.39 is 17.8 Å². The number of halogens is 2. The minimum atomic E-state index is -0.772. The summed E-state index contributed by atoms with van der Waals surface area (Å²) in [6.07, 6.45) is 9.19. The van der Waals surface area contributed by atoms with Crippen molar-refractivity contribution in [1.29, 1.82) is 0 Å². The van der Waals surface area contributed by atoms with Crippen LogP contribution in [0.4, 0.5) is 14.9 Å². The van der Waals surface area contributed by atoms with Crippen LogP contribution in [0.1, 0.15) is 62.1 Å². The van der Waals surface area contributed by atoms with E-state index in [0.717, 1.165) is 22.7 Å². The van der Waals surface area contributed by atoms with Gasteiger partial charge in [0, 0.05) is 5.56 Å². The molecular weight excluding hydrogens is 686 g/mol. The zero-order chi connectivity index (χ0) is 31.3. The molecule has 1 saturated heterocycles. The highest BCUT2D eigenvalue weighted by Gasteiger charge is 2.51. The highest BCUT2D eigenvalue weighted by molar-refractivity contribution is 14.1. The predicted molar refractivity (Wildman–Crippen MR) is 176 cm³/mol. The fraction of sp³-hybridized carbons (Fsp3) is 0.361. The lowest BCUT2D eigenvalue weighted by molar-refractivity contribution is -0.122. The lowest BCUT2D eigenvalue weighted by Crippen LogP contribution is -2.54. The van der Waals surface area contributed by atoms with Crippen LogP contribution in [0.25, 0.3) is 6.08 Å². The molecule has 1 N–H and O–H groups in total. The van der Waals surface area contributed by atoms with Crippen molar-refractivity contribution in [1.82, 2.24) is 5.32 Å². The molecule has 0 unspecified atom stereocenters. The van der Waals surface area contributed by atoms with Crippen molar-refractivity contribution >= 4 is 52.2 Å².